The van der Waals surface area contributed by atoms with Gasteiger partial charge in [-0.15, -0.1) is 0 Å². The SMILES string of the molecule is COc1ncccc1COc1ccc(Br)cc1[C@@H](C)O. The van der Waals surface area contributed by atoms with Crippen LogP contribution in [-0.4, -0.2) is 17.2 Å². The molecule has 0 fully saturated rings. The van der Waals surface area contributed by atoms with Crippen LogP contribution in [0, 0.1) is 0 Å². The molecule has 0 saturated carbocycles. The van der Waals surface area contributed by atoms with Crippen LogP contribution in [0.5, 0.6) is 11.6 Å². The zero-order chi connectivity index (χ0) is 14.5. The monoisotopic (exact) mass is 337 g/mol. The summed E-state index contributed by atoms with van der Waals surface area (Å²) in [6.07, 6.45) is 1.07. The van der Waals surface area contributed by atoms with Crippen LogP contribution in [0.3, 0.4) is 0 Å². The molecule has 0 saturated heterocycles. The molecule has 4 nitrogen and oxygen atoms in total. The number of ether oxygens (including phenoxy) is 2. The van der Waals surface area contributed by atoms with E-state index in [2.05, 4.69) is 20.9 Å². The molecule has 0 amide bonds. The number of hydrogen-bond donors (Lipinski definition) is 1. The molecule has 2 aromatic rings. The van der Waals surface area contributed by atoms with Crippen molar-refractivity contribution in [3.8, 4) is 11.6 Å². The van der Waals surface area contributed by atoms with Crippen LogP contribution in [0.1, 0.15) is 24.2 Å². The van der Waals surface area contributed by atoms with Crippen LogP contribution in [0.4, 0.5) is 0 Å². The maximum atomic E-state index is 9.79. The van der Waals surface area contributed by atoms with Crippen molar-refractivity contribution in [1.82, 2.24) is 4.98 Å². The fourth-order valence-electron chi connectivity index (χ4n) is 1.85. The first-order valence-corrected chi connectivity index (χ1v) is 6.99. The second-order valence-corrected chi connectivity index (χ2v) is 5.23. The highest BCUT2D eigenvalue weighted by atomic mass is 79.9. The Balaban J connectivity index is 2.19. The Hall–Kier alpha value is -1.59. The fraction of sp³-hybridized carbons (Fsp3) is 0.267. The van der Waals surface area contributed by atoms with Gasteiger partial charge in [-0.1, -0.05) is 15.9 Å². The van der Waals surface area contributed by atoms with Crippen molar-refractivity contribution >= 4 is 15.9 Å². The number of hydrogen-bond acceptors (Lipinski definition) is 4. The zero-order valence-electron chi connectivity index (χ0n) is 11.3. The van der Waals surface area contributed by atoms with Gasteiger partial charge in [0.05, 0.1) is 18.8 Å². The molecule has 1 aromatic heterocycles. The third-order valence-corrected chi connectivity index (χ3v) is 3.34. The van der Waals surface area contributed by atoms with Crippen molar-refractivity contribution in [2.24, 2.45) is 0 Å². The lowest BCUT2D eigenvalue weighted by Crippen LogP contribution is -2.03. The first-order valence-electron chi connectivity index (χ1n) is 6.20. The summed E-state index contributed by atoms with van der Waals surface area (Å²) in [6, 6.07) is 9.28. The van der Waals surface area contributed by atoms with Gasteiger partial charge in [0.25, 0.3) is 0 Å². The Bertz CT molecular complexity index is 587. The van der Waals surface area contributed by atoms with Gasteiger partial charge in [-0.2, -0.15) is 0 Å². The van der Waals surface area contributed by atoms with Crippen LogP contribution in [0.15, 0.2) is 41.0 Å². The third kappa shape index (κ3) is 3.49. The van der Waals surface area contributed by atoms with Gasteiger partial charge in [-0.3, -0.25) is 0 Å². The van der Waals surface area contributed by atoms with Crippen LogP contribution >= 0.6 is 15.9 Å². The van der Waals surface area contributed by atoms with Gasteiger partial charge in [-0.25, -0.2) is 4.98 Å². The second-order valence-electron chi connectivity index (χ2n) is 4.32. The van der Waals surface area contributed by atoms with E-state index in [4.69, 9.17) is 9.47 Å². The Kier molecular flexibility index (Phi) is 4.98. The van der Waals surface area contributed by atoms with E-state index < -0.39 is 6.10 Å². The van der Waals surface area contributed by atoms with Crippen molar-refractivity contribution in [3.05, 3.63) is 52.1 Å². The van der Waals surface area contributed by atoms with E-state index in [1.165, 1.54) is 0 Å². The lowest BCUT2D eigenvalue weighted by Gasteiger charge is -2.14. The summed E-state index contributed by atoms with van der Waals surface area (Å²) in [5.41, 5.74) is 1.59. The average molecular weight is 338 g/mol. The fourth-order valence-corrected chi connectivity index (χ4v) is 2.23. The van der Waals surface area contributed by atoms with E-state index in [0.717, 1.165) is 15.6 Å². The van der Waals surface area contributed by atoms with E-state index in [9.17, 15) is 5.11 Å². The predicted octanol–water partition coefficient (Wildman–Crippen LogP) is 3.49. The molecule has 0 aliphatic rings. The van der Waals surface area contributed by atoms with E-state index in [1.807, 2.05) is 30.3 Å². The Morgan fingerprint density at radius 2 is 2.15 bits per heavy atom. The lowest BCUT2D eigenvalue weighted by atomic mass is 10.1. The van der Waals surface area contributed by atoms with E-state index >= 15 is 0 Å². The summed E-state index contributed by atoms with van der Waals surface area (Å²) in [5, 5.41) is 9.79. The number of aromatic nitrogens is 1. The van der Waals surface area contributed by atoms with Gasteiger partial charge in [0.1, 0.15) is 12.4 Å². The molecule has 0 unspecified atom stereocenters. The summed E-state index contributed by atoms with van der Waals surface area (Å²) in [5.74, 6) is 1.19. The number of aliphatic hydroxyl groups excluding tert-OH is 1. The Morgan fingerprint density at radius 1 is 1.35 bits per heavy atom. The van der Waals surface area contributed by atoms with Gasteiger partial charge >= 0.3 is 0 Å². The largest absolute Gasteiger partial charge is 0.488 e. The highest BCUT2D eigenvalue weighted by Crippen LogP contribution is 2.29. The first-order chi connectivity index (χ1) is 9.61. The lowest BCUT2D eigenvalue weighted by molar-refractivity contribution is 0.189. The van der Waals surface area contributed by atoms with Crippen molar-refractivity contribution in [2.45, 2.75) is 19.6 Å². The molecule has 20 heavy (non-hydrogen) atoms. The molecule has 2 rings (SSSR count). The smallest absolute Gasteiger partial charge is 0.219 e. The summed E-state index contributed by atoms with van der Waals surface area (Å²) < 4.78 is 11.9. The molecule has 106 valence electrons. The summed E-state index contributed by atoms with van der Waals surface area (Å²) in [6.45, 7) is 2.04. The number of aliphatic hydroxyl groups is 1. The van der Waals surface area contributed by atoms with Crippen molar-refractivity contribution in [3.63, 3.8) is 0 Å². The topological polar surface area (TPSA) is 51.6 Å². The summed E-state index contributed by atoms with van der Waals surface area (Å²) in [7, 11) is 1.58. The molecular weight excluding hydrogens is 322 g/mol. The van der Waals surface area contributed by atoms with E-state index in [-0.39, 0.29) is 0 Å². The molecule has 0 spiro atoms. The van der Waals surface area contributed by atoms with Crippen molar-refractivity contribution in [2.75, 3.05) is 7.11 Å². The number of halogens is 1. The van der Waals surface area contributed by atoms with Crippen molar-refractivity contribution < 1.29 is 14.6 Å². The minimum Gasteiger partial charge on any atom is -0.488 e. The van der Waals surface area contributed by atoms with Crippen LogP contribution in [0.2, 0.25) is 0 Å². The third-order valence-electron chi connectivity index (χ3n) is 2.85. The predicted molar refractivity (Wildman–Crippen MR) is 79.9 cm³/mol. The highest BCUT2D eigenvalue weighted by Gasteiger charge is 2.11. The first kappa shape index (κ1) is 14.8. The molecule has 1 N–H and O–H groups in total. The van der Waals surface area contributed by atoms with Gasteiger partial charge < -0.3 is 14.6 Å². The Morgan fingerprint density at radius 3 is 2.85 bits per heavy atom. The van der Waals surface area contributed by atoms with E-state index in [1.54, 1.807) is 20.2 Å². The number of nitrogens with zero attached hydrogens (tertiary/aromatic N) is 1. The maximum Gasteiger partial charge on any atom is 0.219 e. The number of pyridine rings is 1. The normalized spacial score (nSPS) is 12.0. The average Bonchev–Trinajstić information content (AvgIpc) is 2.46. The molecule has 0 aliphatic heterocycles. The molecule has 1 atom stereocenters. The van der Waals surface area contributed by atoms with Gasteiger partial charge in [0.15, 0.2) is 0 Å². The van der Waals surface area contributed by atoms with E-state index in [0.29, 0.717) is 18.2 Å². The minimum atomic E-state index is -0.599. The molecule has 0 radical (unpaired) electrons. The second kappa shape index (κ2) is 6.72. The maximum absolute atomic E-state index is 9.79. The number of rotatable bonds is 5. The van der Waals surface area contributed by atoms with Crippen molar-refractivity contribution in [1.29, 1.82) is 0 Å². The summed E-state index contributed by atoms with van der Waals surface area (Å²) >= 11 is 3.39. The number of methoxy groups -OCH3 is 1. The van der Waals surface area contributed by atoms with Gasteiger partial charge in [-0.05, 0) is 37.3 Å². The minimum absolute atomic E-state index is 0.332. The van der Waals surface area contributed by atoms with Gasteiger partial charge in [0, 0.05) is 16.2 Å². The Labute approximate surface area is 126 Å². The molecular formula is C15H16BrNO3. The van der Waals surface area contributed by atoms with Crippen LogP contribution in [0.25, 0.3) is 0 Å². The molecule has 5 heteroatoms. The van der Waals surface area contributed by atoms with Gasteiger partial charge in [0.2, 0.25) is 5.88 Å². The molecule has 1 heterocycles. The standard InChI is InChI=1S/C15H16BrNO3/c1-10(18)13-8-12(16)5-6-14(13)20-9-11-4-3-7-17-15(11)19-2/h3-8,10,18H,9H2,1-2H3/t10-/m1/s1. The molecule has 1 aromatic carbocycles. The zero-order valence-corrected chi connectivity index (χ0v) is 12.9. The quantitative estimate of drug-likeness (QED) is 0.907. The van der Waals surface area contributed by atoms with Crippen LogP contribution < -0.4 is 9.47 Å². The molecule has 0 bridgehead atoms. The van der Waals surface area contributed by atoms with Crippen LogP contribution in [-0.2, 0) is 6.61 Å². The number of benzene rings is 1. The highest BCUT2D eigenvalue weighted by molar-refractivity contribution is 9.10. The molecule has 0 aliphatic carbocycles. The summed E-state index contributed by atoms with van der Waals surface area (Å²) in [4.78, 5) is 4.12.